The molecule has 0 saturated carbocycles. The van der Waals surface area contributed by atoms with Gasteiger partial charge in [-0.15, -0.1) is 0 Å². The van der Waals surface area contributed by atoms with Crippen LogP contribution < -0.4 is 10.6 Å². The summed E-state index contributed by atoms with van der Waals surface area (Å²) in [6, 6.07) is -0.272. The number of hydrogen-bond donors (Lipinski definition) is 3. The van der Waals surface area contributed by atoms with Crippen LogP contribution in [0.1, 0.15) is 59.8 Å². The Kier molecular flexibility index (Phi) is 8.55. The second kappa shape index (κ2) is 10.0. The van der Waals surface area contributed by atoms with Crippen LogP contribution in [0, 0.1) is 5.92 Å². The van der Waals surface area contributed by atoms with E-state index in [4.69, 9.17) is 0 Å². The Labute approximate surface area is 178 Å². The molecule has 2 amide bonds. The SMILES string of the molecule is CSCCC(NC(=O)C1CC(C)(C)N(O)C(C)(C)C1)C(=O)NC1CCSCC1. The first-order valence-electron chi connectivity index (χ1n) is 10.2. The minimum Gasteiger partial charge on any atom is -0.352 e. The van der Waals surface area contributed by atoms with Gasteiger partial charge in [0.15, 0.2) is 0 Å². The average Bonchev–Trinajstić information content (AvgIpc) is 2.63. The van der Waals surface area contributed by atoms with Gasteiger partial charge in [0.25, 0.3) is 0 Å². The fourth-order valence-corrected chi connectivity index (χ4v) is 5.97. The summed E-state index contributed by atoms with van der Waals surface area (Å²) in [6.45, 7) is 7.81. The normalized spacial score (nSPS) is 24.5. The van der Waals surface area contributed by atoms with E-state index in [1.54, 1.807) is 11.8 Å². The van der Waals surface area contributed by atoms with E-state index in [9.17, 15) is 14.8 Å². The number of amides is 2. The summed E-state index contributed by atoms with van der Waals surface area (Å²) in [5, 5.41) is 18.0. The molecule has 8 heteroatoms. The second-order valence-corrected chi connectivity index (χ2v) is 11.5. The Morgan fingerprint density at radius 3 is 2.29 bits per heavy atom. The molecule has 162 valence electrons. The molecule has 0 aliphatic carbocycles. The molecule has 2 rings (SSSR count). The number of nitrogens with zero attached hydrogens (tertiary/aromatic N) is 1. The van der Waals surface area contributed by atoms with Crippen molar-refractivity contribution in [2.75, 3.05) is 23.5 Å². The van der Waals surface area contributed by atoms with Gasteiger partial charge in [-0.25, -0.2) is 0 Å². The molecule has 6 nitrogen and oxygen atoms in total. The van der Waals surface area contributed by atoms with E-state index in [-0.39, 0.29) is 23.8 Å². The van der Waals surface area contributed by atoms with Crippen LogP contribution in [-0.4, -0.2) is 68.8 Å². The topological polar surface area (TPSA) is 81.7 Å². The van der Waals surface area contributed by atoms with Crippen LogP contribution in [-0.2, 0) is 9.59 Å². The van der Waals surface area contributed by atoms with Crippen LogP contribution >= 0.6 is 23.5 Å². The summed E-state index contributed by atoms with van der Waals surface area (Å²) in [5.41, 5.74) is -0.971. The van der Waals surface area contributed by atoms with E-state index >= 15 is 0 Å². The molecule has 0 radical (unpaired) electrons. The zero-order valence-corrected chi connectivity index (χ0v) is 19.5. The van der Waals surface area contributed by atoms with Crippen molar-refractivity contribution in [2.24, 2.45) is 5.92 Å². The minimum absolute atomic E-state index is 0.0579. The van der Waals surface area contributed by atoms with Crippen LogP contribution in [0.2, 0.25) is 0 Å². The second-order valence-electron chi connectivity index (χ2n) is 9.28. The molecule has 2 saturated heterocycles. The summed E-state index contributed by atoms with van der Waals surface area (Å²) in [6.07, 6.45) is 5.77. The summed E-state index contributed by atoms with van der Waals surface area (Å²) in [4.78, 5) is 25.9. The maximum absolute atomic E-state index is 13.0. The molecule has 28 heavy (non-hydrogen) atoms. The largest absolute Gasteiger partial charge is 0.352 e. The Bertz CT molecular complexity index is 533. The zero-order chi connectivity index (χ0) is 20.9. The number of rotatable bonds is 7. The third kappa shape index (κ3) is 6.28. The van der Waals surface area contributed by atoms with Crippen molar-refractivity contribution in [3.8, 4) is 0 Å². The van der Waals surface area contributed by atoms with Crippen molar-refractivity contribution < 1.29 is 14.8 Å². The smallest absolute Gasteiger partial charge is 0.242 e. The van der Waals surface area contributed by atoms with E-state index in [1.807, 2.05) is 45.7 Å². The molecule has 2 aliphatic rings. The van der Waals surface area contributed by atoms with Gasteiger partial charge < -0.3 is 15.8 Å². The van der Waals surface area contributed by atoms with E-state index < -0.39 is 17.1 Å². The third-order valence-corrected chi connectivity index (χ3v) is 7.51. The van der Waals surface area contributed by atoms with E-state index in [0.29, 0.717) is 19.3 Å². The van der Waals surface area contributed by atoms with Crippen molar-refractivity contribution in [3.63, 3.8) is 0 Å². The highest BCUT2D eigenvalue weighted by Crippen LogP contribution is 2.40. The predicted molar refractivity (Wildman–Crippen MR) is 118 cm³/mol. The van der Waals surface area contributed by atoms with Crippen molar-refractivity contribution in [3.05, 3.63) is 0 Å². The fraction of sp³-hybridized carbons (Fsp3) is 0.900. The first-order chi connectivity index (χ1) is 13.1. The van der Waals surface area contributed by atoms with Crippen LogP contribution in [0.3, 0.4) is 0 Å². The maximum Gasteiger partial charge on any atom is 0.242 e. The molecule has 0 aromatic rings. The van der Waals surface area contributed by atoms with E-state index in [2.05, 4.69) is 10.6 Å². The van der Waals surface area contributed by atoms with E-state index in [0.717, 1.165) is 30.1 Å². The summed E-state index contributed by atoms with van der Waals surface area (Å²) in [5.74, 6) is 2.63. The van der Waals surface area contributed by atoms with Crippen LogP contribution in [0.25, 0.3) is 0 Å². The molecule has 1 atom stereocenters. The van der Waals surface area contributed by atoms with Crippen LogP contribution in [0.4, 0.5) is 0 Å². The number of hydroxylamine groups is 2. The lowest BCUT2D eigenvalue weighted by atomic mass is 9.75. The number of thioether (sulfide) groups is 2. The van der Waals surface area contributed by atoms with Gasteiger partial charge in [-0.1, -0.05) is 0 Å². The van der Waals surface area contributed by atoms with Crippen LogP contribution in [0.15, 0.2) is 0 Å². The van der Waals surface area contributed by atoms with Gasteiger partial charge in [0.05, 0.1) is 0 Å². The third-order valence-electron chi connectivity index (χ3n) is 5.82. The molecular formula is C20H37N3O3S2. The van der Waals surface area contributed by atoms with E-state index in [1.165, 1.54) is 5.06 Å². The Balaban J connectivity index is 2.02. The van der Waals surface area contributed by atoms with Gasteiger partial charge in [-0.2, -0.15) is 28.6 Å². The number of carbonyl (C=O) groups is 2. The van der Waals surface area contributed by atoms with Crippen molar-refractivity contribution >= 4 is 35.3 Å². The standard InChI is InChI=1S/C20H37N3O3S2/c1-19(2)12-14(13-20(3,4)23(19)26)17(24)22-16(8-9-27-5)18(25)21-15-6-10-28-11-7-15/h14-16,26H,6-13H2,1-5H3,(H,21,25)(H,22,24). The van der Waals surface area contributed by atoms with Gasteiger partial charge >= 0.3 is 0 Å². The number of carbonyl (C=O) groups excluding carboxylic acids is 2. The molecular weight excluding hydrogens is 394 g/mol. The molecule has 3 N–H and O–H groups in total. The Morgan fingerprint density at radius 1 is 1.18 bits per heavy atom. The monoisotopic (exact) mass is 431 g/mol. The zero-order valence-electron chi connectivity index (χ0n) is 17.9. The molecule has 0 aromatic carbocycles. The highest BCUT2D eigenvalue weighted by atomic mass is 32.2. The number of hydrogen-bond acceptors (Lipinski definition) is 6. The highest BCUT2D eigenvalue weighted by Gasteiger charge is 2.47. The highest BCUT2D eigenvalue weighted by molar-refractivity contribution is 7.99. The van der Waals surface area contributed by atoms with Gasteiger partial charge in [0.2, 0.25) is 11.8 Å². The Hall–Kier alpha value is -0.440. The predicted octanol–water partition coefficient (Wildman–Crippen LogP) is 2.89. The summed E-state index contributed by atoms with van der Waals surface area (Å²) < 4.78 is 0. The molecule has 0 spiro atoms. The molecule has 1 unspecified atom stereocenters. The van der Waals surface area contributed by atoms with Crippen molar-refractivity contribution in [2.45, 2.75) is 83.0 Å². The fourth-order valence-electron chi connectivity index (χ4n) is 4.39. The van der Waals surface area contributed by atoms with Crippen molar-refractivity contribution in [1.29, 1.82) is 0 Å². The van der Waals surface area contributed by atoms with Gasteiger partial charge in [-0.3, -0.25) is 9.59 Å². The summed E-state index contributed by atoms with van der Waals surface area (Å²) >= 11 is 3.61. The molecule has 2 aliphatic heterocycles. The maximum atomic E-state index is 13.0. The quantitative estimate of drug-likeness (QED) is 0.575. The van der Waals surface area contributed by atoms with Gasteiger partial charge in [-0.05, 0) is 83.3 Å². The summed E-state index contributed by atoms with van der Waals surface area (Å²) in [7, 11) is 0. The molecule has 0 aromatic heterocycles. The van der Waals surface area contributed by atoms with Crippen LogP contribution in [0.5, 0.6) is 0 Å². The van der Waals surface area contributed by atoms with Gasteiger partial charge in [0.1, 0.15) is 6.04 Å². The number of piperidine rings is 1. The van der Waals surface area contributed by atoms with Gasteiger partial charge in [0, 0.05) is 23.0 Å². The number of nitrogens with one attached hydrogen (secondary N) is 2. The Morgan fingerprint density at radius 2 is 1.75 bits per heavy atom. The van der Waals surface area contributed by atoms with Crippen molar-refractivity contribution in [1.82, 2.24) is 15.7 Å². The minimum atomic E-state index is -0.493. The molecule has 0 bridgehead atoms. The lowest BCUT2D eigenvalue weighted by Crippen LogP contribution is -2.61. The average molecular weight is 432 g/mol. The lowest BCUT2D eigenvalue weighted by molar-refractivity contribution is -0.249. The lowest BCUT2D eigenvalue weighted by Gasteiger charge is -2.51. The molecule has 2 heterocycles. The first kappa shape index (κ1) is 23.8. The molecule has 2 fully saturated rings. The first-order valence-corrected chi connectivity index (χ1v) is 12.8.